The number of hydrogen-bond acceptors (Lipinski definition) is 4. The van der Waals surface area contributed by atoms with Gasteiger partial charge in [0.2, 0.25) is 15.9 Å². The average molecular weight is 328 g/mol. The molecule has 22 heavy (non-hydrogen) atoms. The summed E-state index contributed by atoms with van der Waals surface area (Å²) in [6.07, 6.45) is 1.70. The molecule has 0 radical (unpaired) electrons. The van der Waals surface area contributed by atoms with Crippen molar-refractivity contribution in [3.8, 4) is 5.75 Å². The van der Waals surface area contributed by atoms with E-state index < -0.39 is 10.0 Å². The van der Waals surface area contributed by atoms with Gasteiger partial charge in [-0.2, -0.15) is 0 Å². The quantitative estimate of drug-likeness (QED) is 0.600. The lowest BCUT2D eigenvalue weighted by Gasteiger charge is -2.08. The molecule has 0 heterocycles. The third-order valence-corrected chi connectivity index (χ3v) is 4.35. The van der Waals surface area contributed by atoms with Crippen LogP contribution in [0, 0.1) is 0 Å². The van der Waals surface area contributed by atoms with Crippen LogP contribution in [0.1, 0.15) is 26.2 Å². The van der Waals surface area contributed by atoms with Crippen molar-refractivity contribution < 1.29 is 17.9 Å². The molecular formula is C15H24N2O4S. The SMILES string of the molecule is CCCCS(=O)(=O)NCCNC(=O)CCOc1ccccc1. The van der Waals surface area contributed by atoms with Gasteiger partial charge < -0.3 is 10.1 Å². The zero-order valence-corrected chi connectivity index (χ0v) is 13.7. The highest BCUT2D eigenvalue weighted by molar-refractivity contribution is 7.89. The van der Waals surface area contributed by atoms with Crippen LogP contribution >= 0.6 is 0 Å². The fourth-order valence-electron chi connectivity index (χ4n) is 1.68. The van der Waals surface area contributed by atoms with Gasteiger partial charge in [0.1, 0.15) is 5.75 Å². The highest BCUT2D eigenvalue weighted by Gasteiger charge is 2.08. The van der Waals surface area contributed by atoms with Crippen LogP contribution in [0.25, 0.3) is 0 Å². The summed E-state index contributed by atoms with van der Waals surface area (Å²) < 4.78 is 30.9. The van der Waals surface area contributed by atoms with Crippen LogP contribution in [0.3, 0.4) is 0 Å². The molecule has 7 heteroatoms. The predicted molar refractivity (Wildman–Crippen MR) is 86.3 cm³/mol. The van der Waals surface area contributed by atoms with E-state index in [0.717, 1.165) is 12.2 Å². The Kier molecular flexibility index (Phi) is 8.54. The molecule has 1 aromatic rings. The van der Waals surface area contributed by atoms with Crippen molar-refractivity contribution in [1.82, 2.24) is 10.0 Å². The molecule has 6 nitrogen and oxygen atoms in total. The lowest BCUT2D eigenvalue weighted by Crippen LogP contribution is -2.36. The molecule has 0 aliphatic rings. The number of ether oxygens (including phenoxy) is 1. The Labute approximate surface area is 132 Å². The minimum Gasteiger partial charge on any atom is -0.493 e. The van der Waals surface area contributed by atoms with E-state index in [1.54, 1.807) is 0 Å². The largest absolute Gasteiger partial charge is 0.493 e. The van der Waals surface area contributed by atoms with Gasteiger partial charge in [0, 0.05) is 13.1 Å². The molecule has 0 unspecified atom stereocenters. The van der Waals surface area contributed by atoms with Crippen molar-refractivity contribution in [2.24, 2.45) is 0 Å². The molecule has 1 aromatic carbocycles. The summed E-state index contributed by atoms with van der Waals surface area (Å²) in [5, 5.41) is 2.65. The van der Waals surface area contributed by atoms with E-state index in [0.29, 0.717) is 6.42 Å². The first-order valence-corrected chi connectivity index (χ1v) is 9.10. The molecule has 0 saturated heterocycles. The lowest BCUT2D eigenvalue weighted by atomic mass is 10.3. The summed E-state index contributed by atoms with van der Waals surface area (Å²) in [5.41, 5.74) is 0. The maximum absolute atomic E-state index is 11.6. The van der Waals surface area contributed by atoms with Gasteiger partial charge in [-0.3, -0.25) is 4.79 Å². The monoisotopic (exact) mass is 328 g/mol. The van der Waals surface area contributed by atoms with E-state index in [-0.39, 0.29) is 37.8 Å². The molecule has 2 N–H and O–H groups in total. The first-order chi connectivity index (χ1) is 10.5. The van der Waals surface area contributed by atoms with E-state index in [9.17, 15) is 13.2 Å². The molecule has 0 spiro atoms. The Morgan fingerprint density at radius 1 is 1.18 bits per heavy atom. The molecule has 0 aliphatic carbocycles. The summed E-state index contributed by atoms with van der Waals surface area (Å²) in [7, 11) is -3.22. The highest BCUT2D eigenvalue weighted by atomic mass is 32.2. The topological polar surface area (TPSA) is 84.5 Å². The molecule has 0 atom stereocenters. The molecule has 1 amide bonds. The van der Waals surface area contributed by atoms with Gasteiger partial charge in [-0.25, -0.2) is 13.1 Å². The number of amides is 1. The van der Waals surface area contributed by atoms with Crippen molar-refractivity contribution in [3.05, 3.63) is 30.3 Å². The van der Waals surface area contributed by atoms with E-state index in [1.165, 1.54) is 0 Å². The summed E-state index contributed by atoms with van der Waals surface area (Å²) in [6.45, 7) is 2.71. The zero-order chi connectivity index (χ0) is 16.3. The van der Waals surface area contributed by atoms with E-state index in [1.807, 2.05) is 37.3 Å². The molecule has 0 fully saturated rings. The fraction of sp³-hybridized carbons (Fsp3) is 0.533. The standard InChI is InChI=1S/C15H24N2O4S/c1-2-3-13-22(19,20)17-11-10-16-15(18)9-12-21-14-7-5-4-6-8-14/h4-8,17H,2-3,9-13H2,1H3,(H,16,18). The van der Waals surface area contributed by atoms with Crippen LogP contribution in [0.15, 0.2) is 30.3 Å². The maximum Gasteiger partial charge on any atom is 0.223 e. The summed E-state index contributed by atoms with van der Waals surface area (Å²) in [6, 6.07) is 9.26. The van der Waals surface area contributed by atoms with Crippen LogP contribution in [-0.2, 0) is 14.8 Å². The number of carbonyl (C=O) groups is 1. The van der Waals surface area contributed by atoms with Crippen molar-refractivity contribution >= 4 is 15.9 Å². The Morgan fingerprint density at radius 2 is 1.91 bits per heavy atom. The fourth-order valence-corrected chi connectivity index (χ4v) is 2.91. The second-order valence-corrected chi connectivity index (χ2v) is 6.75. The lowest BCUT2D eigenvalue weighted by molar-refractivity contribution is -0.121. The number of hydrogen-bond donors (Lipinski definition) is 2. The average Bonchev–Trinajstić information content (AvgIpc) is 2.51. The molecule has 0 aromatic heterocycles. The number of benzene rings is 1. The number of sulfonamides is 1. The van der Waals surface area contributed by atoms with E-state index in [4.69, 9.17) is 4.74 Å². The van der Waals surface area contributed by atoms with E-state index >= 15 is 0 Å². The minimum absolute atomic E-state index is 0.127. The molecular weight excluding hydrogens is 304 g/mol. The third-order valence-electron chi connectivity index (χ3n) is 2.88. The Hall–Kier alpha value is -1.60. The first kappa shape index (κ1) is 18.4. The van der Waals surface area contributed by atoms with Crippen molar-refractivity contribution in [1.29, 1.82) is 0 Å². The van der Waals surface area contributed by atoms with Gasteiger partial charge in [0.25, 0.3) is 0 Å². The van der Waals surface area contributed by atoms with Crippen LogP contribution < -0.4 is 14.8 Å². The zero-order valence-electron chi connectivity index (χ0n) is 12.9. The highest BCUT2D eigenvalue weighted by Crippen LogP contribution is 2.08. The van der Waals surface area contributed by atoms with Gasteiger partial charge >= 0.3 is 0 Å². The number of unbranched alkanes of at least 4 members (excludes halogenated alkanes) is 1. The van der Waals surface area contributed by atoms with Gasteiger partial charge in [0.05, 0.1) is 18.8 Å². The maximum atomic E-state index is 11.6. The molecule has 0 saturated carbocycles. The molecule has 0 aliphatic heterocycles. The van der Waals surface area contributed by atoms with Gasteiger partial charge in [-0.1, -0.05) is 31.5 Å². The molecule has 0 bridgehead atoms. The summed E-state index contributed by atoms with van der Waals surface area (Å²) in [4.78, 5) is 11.6. The second-order valence-electron chi connectivity index (χ2n) is 4.83. The summed E-state index contributed by atoms with van der Waals surface area (Å²) >= 11 is 0. The number of carbonyl (C=O) groups excluding carboxylic acids is 1. The normalized spacial score (nSPS) is 11.1. The van der Waals surface area contributed by atoms with Crippen LogP contribution in [0.5, 0.6) is 5.75 Å². The van der Waals surface area contributed by atoms with Crippen LogP contribution in [0.4, 0.5) is 0 Å². The van der Waals surface area contributed by atoms with Crippen LogP contribution in [-0.4, -0.2) is 39.8 Å². The van der Waals surface area contributed by atoms with Crippen molar-refractivity contribution in [3.63, 3.8) is 0 Å². The second kappa shape index (κ2) is 10.2. The van der Waals surface area contributed by atoms with E-state index in [2.05, 4.69) is 10.0 Å². The van der Waals surface area contributed by atoms with Gasteiger partial charge in [-0.15, -0.1) is 0 Å². The molecule has 1 rings (SSSR count). The molecule has 124 valence electrons. The number of rotatable bonds is 11. The van der Waals surface area contributed by atoms with Gasteiger partial charge in [0.15, 0.2) is 0 Å². The van der Waals surface area contributed by atoms with Crippen molar-refractivity contribution in [2.75, 3.05) is 25.4 Å². The number of nitrogens with one attached hydrogen (secondary N) is 2. The minimum atomic E-state index is -3.22. The van der Waals surface area contributed by atoms with Crippen molar-refractivity contribution in [2.45, 2.75) is 26.2 Å². The Balaban J connectivity index is 2.08. The Morgan fingerprint density at radius 3 is 2.59 bits per heavy atom. The Bertz CT molecular complexity index is 532. The van der Waals surface area contributed by atoms with Gasteiger partial charge in [-0.05, 0) is 18.6 Å². The summed E-state index contributed by atoms with van der Waals surface area (Å²) in [5.74, 6) is 0.685. The smallest absolute Gasteiger partial charge is 0.223 e. The van der Waals surface area contributed by atoms with Crippen LogP contribution in [0.2, 0.25) is 0 Å². The number of para-hydroxylation sites is 1. The predicted octanol–water partition coefficient (Wildman–Crippen LogP) is 1.29. The third kappa shape index (κ3) is 8.63. The first-order valence-electron chi connectivity index (χ1n) is 7.45.